The van der Waals surface area contributed by atoms with Crippen molar-refractivity contribution in [3.05, 3.63) is 175 Å². The van der Waals surface area contributed by atoms with Crippen LogP contribution < -0.4 is 27.7 Å². The summed E-state index contributed by atoms with van der Waals surface area (Å²) in [7, 11) is 0. The summed E-state index contributed by atoms with van der Waals surface area (Å²) in [6, 6.07) is 20.4. The average molecular weight is 1950 g/mol. The van der Waals surface area contributed by atoms with Crippen molar-refractivity contribution in [1.82, 2.24) is 20.6 Å². The van der Waals surface area contributed by atoms with Crippen molar-refractivity contribution in [2.24, 2.45) is 45.3 Å². The number of Topliss-reactive ketones (excluding diaryl/α,β-unsaturated/α-hetero) is 7. The molecule has 29 nitrogen and oxygen atoms in total. The standard InChI is InChI=1S/C107H144Cl2N8O21/c1-72-34-54-89-92(115-107(111)117-105(89)132)55-41-77(68-72)20-8-17-74-35-43-78(44-36-74)94(123)57-50-81(106(133)134)49-52-86(121)25-3-2-22-82-69-90(82)95(124)31-10-19-73(16-4-6-62-135-64-66-137-67-65-136-63-7-5-26-85(120)27-12-33-100(128)138-71-83(51-58-96(125)102(108)109)101(129)79-45-37-76(38-46-79)21-15-61-118)42-59-99(127)112-60-14-28-87(122)53-56-93(97(126)70-119)114-103(130)80-47-39-75(40-48-80)18-9-23-84-24-11-29-88-91(113-84)30-13-32-98(110)116-104(88)131/h11,24,35-41,43-48,68,70,73,81-83,90,93,101-102,118,129H,2-10,12-23,25-34,42,49-67,69,71H2,1H3,(H,112,127)(H,114,130)(H,133,134)(H2,110,116,131)(H3,111,115,117,132). The third-order valence-corrected chi connectivity index (χ3v) is 26.6. The minimum atomic E-state index is -1.21. The van der Waals surface area contributed by atoms with Crippen LogP contribution in [-0.4, -0.2) is 184 Å². The molecule has 0 radical (unpaired) electrons. The van der Waals surface area contributed by atoms with Crippen molar-refractivity contribution in [3.8, 4) is 0 Å². The number of rotatable bonds is 71. The highest BCUT2D eigenvalue weighted by atomic mass is 35.5. The molecule has 3 amide bonds. The lowest BCUT2D eigenvalue weighted by Crippen LogP contribution is -2.41. The SMILES string of the molecule is CC1=CC(CCCc2ccc(C(=O)CCC(CCC(=O)CCCCC3CC3C(=O)CCCC(CCCCOCCOCCOCCCCC(=O)CCCC(=O)OCC(CCC(=O)C(Cl)Cl)C(O)c3ccc(CCCO)cc3)CCC(=O)NCCCC(=O)CCC(NC(=O)c3ccc(CCCC4=NC5=C(CC=C4)C(=O)N=C(N)CCC5)cc3)C(=O)C=O)C(=O)O)cc2)=CCc2nc(N)[nH]c(=O)c2CC1. The second-order valence-corrected chi connectivity index (χ2v) is 38.2. The van der Waals surface area contributed by atoms with E-state index in [0.29, 0.717) is 195 Å². The second-order valence-electron chi connectivity index (χ2n) is 37.1. The van der Waals surface area contributed by atoms with Gasteiger partial charge in [0.05, 0.1) is 56.8 Å². The van der Waals surface area contributed by atoms with Crippen LogP contribution in [0.25, 0.3) is 0 Å². The molecule has 10 N–H and O–H groups in total. The number of carboxylic acids is 1. The number of nitrogens with two attached hydrogens (primary N) is 2. The number of aromatic amines is 1. The number of nitrogens with one attached hydrogen (secondary N) is 3. The first-order valence-corrected chi connectivity index (χ1v) is 50.7. The van der Waals surface area contributed by atoms with E-state index < -0.39 is 58.2 Å². The first kappa shape index (κ1) is 113. The first-order valence-electron chi connectivity index (χ1n) is 49.8. The number of halogens is 2. The van der Waals surface area contributed by atoms with E-state index in [-0.39, 0.29) is 179 Å². The minimum Gasteiger partial charge on any atom is -0.481 e. The van der Waals surface area contributed by atoms with E-state index in [0.717, 1.165) is 112 Å². The molecule has 0 bridgehead atoms. The van der Waals surface area contributed by atoms with Gasteiger partial charge in [0, 0.05) is 155 Å². The number of amidine groups is 1. The molecule has 138 heavy (non-hydrogen) atoms. The Balaban J connectivity index is 0.691. The van der Waals surface area contributed by atoms with Crippen molar-refractivity contribution < 1.29 is 96.6 Å². The smallest absolute Gasteiger partial charge is 0.306 e. The quantitative estimate of drug-likeness (QED) is 0.00508. The van der Waals surface area contributed by atoms with E-state index in [1.54, 1.807) is 36.4 Å². The van der Waals surface area contributed by atoms with Crippen molar-refractivity contribution in [2.45, 2.75) is 306 Å². The minimum absolute atomic E-state index is 0.0153. The van der Waals surface area contributed by atoms with Crippen LogP contribution in [0, 0.1) is 29.6 Å². The first-order chi connectivity index (χ1) is 66.6. The van der Waals surface area contributed by atoms with Gasteiger partial charge in [-0.15, -0.1) is 0 Å². The Morgan fingerprint density at radius 3 is 1.91 bits per heavy atom. The van der Waals surface area contributed by atoms with Crippen molar-refractivity contribution in [1.29, 1.82) is 0 Å². The van der Waals surface area contributed by atoms with Crippen molar-refractivity contribution >= 4 is 117 Å². The number of hydrogen-bond donors (Lipinski definition) is 8. The number of ketones is 7. The van der Waals surface area contributed by atoms with E-state index >= 15 is 0 Å². The average Bonchev–Trinajstić information content (AvgIpc) is 1.72. The zero-order valence-electron chi connectivity index (χ0n) is 80.4. The Bertz CT molecular complexity index is 4920. The van der Waals surface area contributed by atoms with Gasteiger partial charge in [-0.1, -0.05) is 139 Å². The number of aryl methyl sites for hydroxylation is 3. The fraction of sp³-hybridized carbons (Fsp3) is 0.579. The number of alkyl halides is 2. The summed E-state index contributed by atoms with van der Waals surface area (Å²) in [4.78, 5) is 194. The number of anilines is 1. The Morgan fingerprint density at radius 1 is 0.601 bits per heavy atom. The molecular formula is C107H144Cl2N8O21. The number of ether oxygens (including phenoxy) is 4. The van der Waals surface area contributed by atoms with Crippen LogP contribution in [0.5, 0.6) is 0 Å². The van der Waals surface area contributed by atoms with Gasteiger partial charge in [-0.2, -0.15) is 4.99 Å². The number of aliphatic hydroxyl groups is 2. The number of carboxylic acid groups (broad SMARTS) is 1. The van der Waals surface area contributed by atoms with Gasteiger partial charge in [0.2, 0.25) is 17.6 Å². The molecule has 3 heterocycles. The van der Waals surface area contributed by atoms with Gasteiger partial charge < -0.3 is 56.4 Å². The Kier molecular flexibility index (Phi) is 51.9. The predicted molar refractivity (Wildman–Crippen MR) is 530 cm³/mol. The number of aldehydes is 1. The van der Waals surface area contributed by atoms with E-state index in [1.165, 1.54) is 11.1 Å². The van der Waals surface area contributed by atoms with Gasteiger partial charge in [0.25, 0.3) is 17.4 Å². The van der Waals surface area contributed by atoms with E-state index in [2.05, 4.69) is 44.7 Å². The lowest BCUT2D eigenvalue weighted by atomic mass is 9.90. The molecule has 31 heteroatoms. The number of unbranched alkanes of at least 4 members (excludes halogenated alkanes) is 3. The van der Waals surface area contributed by atoms with Crippen LogP contribution in [0.4, 0.5) is 5.95 Å². The Hall–Kier alpha value is -10.3. The number of nitrogens with zero attached hydrogens (tertiary/aromatic N) is 3. The summed E-state index contributed by atoms with van der Waals surface area (Å²) in [5.41, 5.74) is 21.9. The number of nitrogen functional groups attached to an aromatic ring is 1. The van der Waals surface area contributed by atoms with Crippen LogP contribution >= 0.6 is 23.2 Å². The molecule has 3 aromatic carbocycles. The summed E-state index contributed by atoms with van der Waals surface area (Å²) in [6.07, 6.45) is 28.7. The van der Waals surface area contributed by atoms with Crippen molar-refractivity contribution in [3.63, 3.8) is 0 Å². The van der Waals surface area contributed by atoms with Gasteiger partial charge >= 0.3 is 11.9 Å². The van der Waals surface area contributed by atoms with Crippen LogP contribution in [0.3, 0.4) is 0 Å². The summed E-state index contributed by atoms with van der Waals surface area (Å²) < 4.78 is 22.9. The van der Waals surface area contributed by atoms with Gasteiger partial charge in [-0.3, -0.25) is 77.1 Å². The molecule has 752 valence electrons. The molecule has 0 saturated heterocycles. The van der Waals surface area contributed by atoms with Gasteiger partial charge in [-0.05, 0) is 233 Å². The molecule has 2 aliphatic heterocycles. The fourth-order valence-corrected chi connectivity index (χ4v) is 17.9. The zero-order chi connectivity index (χ0) is 99.4. The number of hydrogen-bond acceptors (Lipinski definition) is 24. The number of allylic oxidation sites excluding steroid dienone is 7. The van der Waals surface area contributed by atoms with Crippen LogP contribution in [0.15, 0.2) is 134 Å². The highest BCUT2D eigenvalue weighted by Gasteiger charge is 2.41. The molecule has 2 aliphatic carbocycles. The lowest BCUT2D eigenvalue weighted by molar-refractivity contribution is -0.147. The summed E-state index contributed by atoms with van der Waals surface area (Å²) in [5.74, 6) is -4.67. The number of benzene rings is 3. The largest absolute Gasteiger partial charge is 0.481 e. The number of H-pyrrole nitrogens is 1. The number of aliphatic imine (C=N–C) groups is 2. The number of esters is 1. The molecule has 4 aliphatic rings. The monoisotopic (exact) mass is 1950 g/mol. The summed E-state index contributed by atoms with van der Waals surface area (Å²) >= 11 is 11.5. The van der Waals surface area contributed by atoms with E-state index in [1.807, 2.05) is 48.6 Å². The topological polar surface area (TPSA) is 466 Å². The molecular weight excluding hydrogens is 1800 g/mol. The number of aliphatic carboxylic acids is 1. The van der Waals surface area contributed by atoms with Crippen LogP contribution in [0.2, 0.25) is 0 Å². The van der Waals surface area contributed by atoms with E-state index in [9.17, 15) is 82.4 Å². The number of amides is 3. The molecule has 4 aromatic rings. The summed E-state index contributed by atoms with van der Waals surface area (Å²) in [6.45, 7) is 4.64. The van der Waals surface area contributed by atoms with Gasteiger partial charge in [0.15, 0.2) is 22.7 Å². The fourth-order valence-electron chi connectivity index (χ4n) is 17.7. The molecule has 8 rings (SSSR count). The number of carbonyl (C=O) groups excluding carboxylic acids is 12. The molecule has 1 saturated carbocycles. The molecule has 0 spiro atoms. The normalized spacial score (nSPS) is 15.9. The van der Waals surface area contributed by atoms with Crippen LogP contribution in [-0.2, 0) is 104 Å². The van der Waals surface area contributed by atoms with Crippen LogP contribution in [0.1, 0.15) is 318 Å². The Labute approximate surface area is 821 Å². The predicted octanol–water partition coefficient (Wildman–Crippen LogP) is 16.0. The molecule has 1 fully saturated rings. The number of fused-ring (bicyclic) bond motifs is 1. The second kappa shape index (κ2) is 63.4. The van der Waals surface area contributed by atoms with Crippen molar-refractivity contribution in [2.75, 3.05) is 65.1 Å². The molecule has 7 unspecified atom stereocenters. The zero-order valence-corrected chi connectivity index (χ0v) is 81.9. The Morgan fingerprint density at radius 2 is 1.22 bits per heavy atom. The molecule has 7 atom stereocenters. The number of aliphatic hydroxyl groups excluding tert-OH is 2. The van der Waals surface area contributed by atoms with E-state index in [4.69, 9.17) is 58.6 Å². The van der Waals surface area contributed by atoms with Gasteiger partial charge in [-0.25, -0.2) is 4.98 Å². The third kappa shape index (κ3) is 43.6. The van der Waals surface area contributed by atoms with Gasteiger partial charge in [0.1, 0.15) is 29.0 Å². The maximum atomic E-state index is 13.6. The highest BCUT2D eigenvalue weighted by Crippen LogP contribution is 2.44. The maximum Gasteiger partial charge on any atom is 0.306 e. The lowest BCUT2D eigenvalue weighted by Gasteiger charge is -2.23. The summed E-state index contributed by atoms with van der Waals surface area (Å²) in [5, 5.41) is 36.0. The third-order valence-electron chi connectivity index (χ3n) is 26.1. The number of carbonyl (C=O) groups is 13. The highest BCUT2D eigenvalue weighted by molar-refractivity contribution is 6.53. The number of aromatic nitrogens is 2. The maximum absolute atomic E-state index is 13.6. The molecule has 1 aromatic heterocycles.